The van der Waals surface area contributed by atoms with E-state index in [9.17, 15) is 0 Å². The number of anilines is 1. The molecular weight excluding hydrogens is 270 g/mol. The minimum absolute atomic E-state index is 0.0605. The quantitative estimate of drug-likeness (QED) is 0.905. The van der Waals surface area contributed by atoms with Crippen LogP contribution in [-0.4, -0.2) is 5.11 Å². The molecule has 0 spiro atoms. The molecule has 0 aliphatic heterocycles. The van der Waals surface area contributed by atoms with E-state index in [4.69, 9.17) is 9.52 Å². The van der Waals surface area contributed by atoms with Crippen LogP contribution < -0.4 is 5.32 Å². The first kappa shape index (κ1) is 11.2. The van der Waals surface area contributed by atoms with E-state index in [0.29, 0.717) is 12.3 Å². The lowest BCUT2D eigenvalue weighted by molar-refractivity contribution is 0.244. The van der Waals surface area contributed by atoms with Gasteiger partial charge in [-0.25, -0.2) is 0 Å². The van der Waals surface area contributed by atoms with Gasteiger partial charge >= 0.3 is 0 Å². The molecule has 2 aromatic rings. The second-order valence-corrected chi connectivity index (χ2v) is 4.21. The normalized spacial score (nSPS) is 10.4. The zero-order chi connectivity index (χ0) is 11.4. The van der Waals surface area contributed by atoms with Crippen LogP contribution in [0.2, 0.25) is 0 Å². The Labute approximate surface area is 102 Å². The van der Waals surface area contributed by atoms with Crippen LogP contribution in [0.5, 0.6) is 0 Å². The van der Waals surface area contributed by atoms with E-state index in [1.165, 1.54) is 0 Å². The summed E-state index contributed by atoms with van der Waals surface area (Å²) < 4.78 is 6.38. The minimum Gasteiger partial charge on any atom is -0.462 e. The molecule has 0 saturated carbocycles. The molecule has 16 heavy (non-hydrogen) atoms. The fraction of sp³-hybridized carbons (Fsp3) is 0.167. The summed E-state index contributed by atoms with van der Waals surface area (Å²) in [7, 11) is 0. The van der Waals surface area contributed by atoms with Crippen LogP contribution in [-0.2, 0) is 13.2 Å². The maximum absolute atomic E-state index is 8.86. The summed E-state index contributed by atoms with van der Waals surface area (Å²) >= 11 is 3.46. The Bertz CT molecular complexity index is 468. The van der Waals surface area contributed by atoms with Crippen LogP contribution in [0.4, 0.5) is 5.69 Å². The van der Waals surface area contributed by atoms with E-state index in [-0.39, 0.29) is 6.61 Å². The molecule has 0 bridgehead atoms. The van der Waals surface area contributed by atoms with Crippen molar-refractivity contribution in [3.8, 4) is 0 Å². The molecule has 0 fully saturated rings. The third kappa shape index (κ3) is 2.65. The highest BCUT2D eigenvalue weighted by Gasteiger charge is 2.02. The molecule has 84 valence electrons. The number of benzene rings is 1. The number of hydrogen-bond acceptors (Lipinski definition) is 3. The SMILES string of the molecule is OCc1ccc(CNc2ccccc2Br)o1. The average molecular weight is 282 g/mol. The van der Waals surface area contributed by atoms with Gasteiger partial charge in [0.2, 0.25) is 0 Å². The van der Waals surface area contributed by atoms with E-state index >= 15 is 0 Å². The van der Waals surface area contributed by atoms with Gasteiger partial charge in [-0.05, 0) is 40.2 Å². The van der Waals surface area contributed by atoms with Crippen molar-refractivity contribution in [1.82, 2.24) is 0 Å². The third-order valence-electron chi connectivity index (χ3n) is 2.20. The van der Waals surface area contributed by atoms with E-state index in [1.54, 1.807) is 6.07 Å². The number of rotatable bonds is 4. The number of furan rings is 1. The molecular formula is C12H12BrNO2. The first-order valence-electron chi connectivity index (χ1n) is 4.96. The van der Waals surface area contributed by atoms with Crippen molar-refractivity contribution in [3.05, 3.63) is 52.4 Å². The fourth-order valence-corrected chi connectivity index (χ4v) is 1.81. The molecule has 2 rings (SSSR count). The van der Waals surface area contributed by atoms with Crippen LogP contribution in [0.3, 0.4) is 0 Å². The zero-order valence-electron chi connectivity index (χ0n) is 8.61. The number of para-hydroxylation sites is 1. The lowest BCUT2D eigenvalue weighted by atomic mass is 10.3. The van der Waals surface area contributed by atoms with Crippen molar-refractivity contribution in [3.63, 3.8) is 0 Å². The highest BCUT2D eigenvalue weighted by Crippen LogP contribution is 2.22. The largest absolute Gasteiger partial charge is 0.462 e. The van der Waals surface area contributed by atoms with E-state index in [2.05, 4.69) is 21.2 Å². The van der Waals surface area contributed by atoms with Crippen molar-refractivity contribution in [2.75, 3.05) is 5.32 Å². The summed E-state index contributed by atoms with van der Waals surface area (Å²) in [6.07, 6.45) is 0. The Kier molecular flexibility index (Phi) is 3.64. The molecule has 0 amide bonds. The molecule has 0 aliphatic rings. The summed E-state index contributed by atoms with van der Waals surface area (Å²) in [6.45, 7) is 0.539. The Hall–Kier alpha value is -1.26. The minimum atomic E-state index is -0.0605. The van der Waals surface area contributed by atoms with Crippen molar-refractivity contribution < 1.29 is 9.52 Å². The molecule has 0 aliphatic carbocycles. The van der Waals surface area contributed by atoms with Crippen molar-refractivity contribution in [2.24, 2.45) is 0 Å². The van der Waals surface area contributed by atoms with Crippen molar-refractivity contribution >= 4 is 21.6 Å². The van der Waals surface area contributed by atoms with Gasteiger partial charge in [-0.3, -0.25) is 0 Å². The molecule has 3 nitrogen and oxygen atoms in total. The van der Waals surface area contributed by atoms with E-state index in [0.717, 1.165) is 15.9 Å². The van der Waals surface area contributed by atoms with Gasteiger partial charge in [-0.15, -0.1) is 0 Å². The molecule has 0 saturated heterocycles. The highest BCUT2D eigenvalue weighted by molar-refractivity contribution is 9.10. The van der Waals surface area contributed by atoms with E-state index < -0.39 is 0 Å². The van der Waals surface area contributed by atoms with Gasteiger partial charge in [0.05, 0.1) is 6.54 Å². The molecule has 0 atom stereocenters. The summed E-state index contributed by atoms with van der Waals surface area (Å²) in [5.41, 5.74) is 1.02. The van der Waals surface area contributed by atoms with Crippen molar-refractivity contribution in [1.29, 1.82) is 0 Å². The second-order valence-electron chi connectivity index (χ2n) is 3.36. The van der Waals surface area contributed by atoms with Crippen LogP contribution in [0, 0.1) is 0 Å². The Morgan fingerprint density at radius 1 is 1.12 bits per heavy atom. The second kappa shape index (κ2) is 5.18. The molecule has 2 N–H and O–H groups in total. The number of nitrogens with one attached hydrogen (secondary N) is 1. The molecule has 1 aromatic heterocycles. The van der Waals surface area contributed by atoms with Gasteiger partial charge in [0.15, 0.2) is 0 Å². The van der Waals surface area contributed by atoms with Gasteiger partial charge in [-0.2, -0.15) is 0 Å². The van der Waals surface area contributed by atoms with Crippen LogP contribution in [0.15, 0.2) is 45.3 Å². The van der Waals surface area contributed by atoms with Gasteiger partial charge < -0.3 is 14.8 Å². The van der Waals surface area contributed by atoms with Crippen LogP contribution >= 0.6 is 15.9 Å². The van der Waals surface area contributed by atoms with Gasteiger partial charge in [-0.1, -0.05) is 12.1 Å². The number of hydrogen-bond donors (Lipinski definition) is 2. The third-order valence-corrected chi connectivity index (χ3v) is 2.89. The first-order chi connectivity index (χ1) is 7.79. The average Bonchev–Trinajstić information content (AvgIpc) is 2.76. The summed E-state index contributed by atoms with van der Waals surface area (Å²) in [4.78, 5) is 0. The van der Waals surface area contributed by atoms with Gasteiger partial charge in [0, 0.05) is 10.2 Å². The smallest absolute Gasteiger partial charge is 0.129 e. The predicted octanol–water partition coefficient (Wildman–Crippen LogP) is 3.15. The lowest BCUT2D eigenvalue weighted by Crippen LogP contribution is -1.98. The van der Waals surface area contributed by atoms with Crippen LogP contribution in [0.25, 0.3) is 0 Å². The van der Waals surface area contributed by atoms with Gasteiger partial charge in [0.1, 0.15) is 18.1 Å². The Balaban J connectivity index is 1.99. The first-order valence-corrected chi connectivity index (χ1v) is 5.76. The summed E-state index contributed by atoms with van der Waals surface area (Å²) in [5, 5.41) is 12.1. The highest BCUT2D eigenvalue weighted by atomic mass is 79.9. The number of aliphatic hydroxyl groups excluding tert-OH is 1. The summed E-state index contributed by atoms with van der Waals surface area (Å²) in [5.74, 6) is 1.39. The lowest BCUT2D eigenvalue weighted by Gasteiger charge is -2.06. The predicted molar refractivity (Wildman–Crippen MR) is 66.1 cm³/mol. The molecule has 1 heterocycles. The Morgan fingerprint density at radius 2 is 1.88 bits per heavy atom. The number of aliphatic hydroxyl groups is 1. The fourth-order valence-electron chi connectivity index (χ4n) is 1.39. The van der Waals surface area contributed by atoms with Gasteiger partial charge in [0.25, 0.3) is 0 Å². The molecule has 4 heteroatoms. The van der Waals surface area contributed by atoms with Crippen LogP contribution in [0.1, 0.15) is 11.5 Å². The maximum atomic E-state index is 8.86. The van der Waals surface area contributed by atoms with E-state index in [1.807, 2.05) is 30.3 Å². The molecule has 0 unspecified atom stereocenters. The topological polar surface area (TPSA) is 45.4 Å². The zero-order valence-corrected chi connectivity index (χ0v) is 10.2. The standard InChI is InChI=1S/C12H12BrNO2/c13-11-3-1-2-4-12(11)14-7-9-5-6-10(8-15)16-9/h1-6,14-15H,7-8H2. The number of halogens is 1. The summed E-state index contributed by atoms with van der Waals surface area (Å²) in [6, 6.07) is 11.5. The Morgan fingerprint density at radius 3 is 2.56 bits per heavy atom. The maximum Gasteiger partial charge on any atom is 0.129 e. The van der Waals surface area contributed by atoms with Crippen molar-refractivity contribution in [2.45, 2.75) is 13.2 Å². The molecule has 0 radical (unpaired) electrons. The molecule has 1 aromatic carbocycles. The monoisotopic (exact) mass is 281 g/mol.